The van der Waals surface area contributed by atoms with Crippen molar-refractivity contribution in [1.82, 2.24) is 0 Å². The van der Waals surface area contributed by atoms with Crippen molar-refractivity contribution in [3.05, 3.63) is 59.7 Å². The number of fused-ring (bicyclic) bond motifs is 1. The molecule has 0 fully saturated rings. The second-order valence-electron chi connectivity index (χ2n) is 5.56. The normalized spacial score (nSPS) is 19.1. The summed E-state index contributed by atoms with van der Waals surface area (Å²) >= 11 is 0. The fourth-order valence-electron chi connectivity index (χ4n) is 3.23. The summed E-state index contributed by atoms with van der Waals surface area (Å²) in [7, 11) is 3.31. The first-order chi connectivity index (χ1) is 11.6. The van der Waals surface area contributed by atoms with E-state index in [-0.39, 0.29) is 12.4 Å². The van der Waals surface area contributed by atoms with Gasteiger partial charge in [-0.25, -0.2) is 4.79 Å². The highest BCUT2D eigenvalue weighted by Crippen LogP contribution is 2.45. The fraction of sp³-hybridized carbons (Fsp3) is 0.263. The van der Waals surface area contributed by atoms with Crippen molar-refractivity contribution in [1.29, 1.82) is 0 Å². The maximum atomic E-state index is 13.2. The molecule has 3 rings (SSSR count). The standard InChI is InChI=1S/C19H19NO4/c1-4-24-18(22)19(13-9-11-14(23-3)12-10-13)17(21)15-7-5-6-8-16(15)20(19)2/h5-12H,4H2,1-3H3. The SMILES string of the molecule is CCOC(=O)C1(c2ccc(OC)cc2)C(=O)c2ccccc2N1C. The number of anilines is 1. The third-order valence-electron chi connectivity index (χ3n) is 4.42. The monoisotopic (exact) mass is 325 g/mol. The number of carbonyl (C=O) groups excluding carboxylic acids is 2. The number of carbonyl (C=O) groups is 2. The predicted octanol–water partition coefficient (Wildman–Crippen LogP) is 2.79. The van der Waals surface area contributed by atoms with Gasteiger partial charge >= 0.3 is 5.97 Å². The minimum atomic E-state index is -1.51. The van der Waals surface area contributed by atoms with Gasteiger partial charge in [0.05, 0.1) is 13.7 Å². The number of esters is 1. The number of rotatable bonds is 4. The third-order valence-corrected chi connectivity index (χ3v) is 4.42. The molecule has 1 aliphatic heterocycles. The molecule has 0 aromatic heterocycles. The summed E-state index contributed by atoms with van der Waals surface area (Å²) in [4.78, 5) is 27.8. The highest BCUT2D eigenvalue weighted by atomic mass is 16.5. The Balaban J connectivity index is 2.21. The molecule has 5 nitrogen and oxygen atoms in total. The molecule has 0 saturated heterocycles. The lowest BCUT2D eigenvalue weighted by atomic mass is 9.84. The average Bonchev–Trinajstić information content (AvgIpc) is 2.84. The minimum absolute atomic E-state index is 0.203. The van der Waals surface area contributed by atoms with Gasteiger partial charge in [-0.15, -0.1) is 0 Å². The third kappa shape index (κ3) is 2.08. The number of methoxy groups -OCH3 is 1. The Morgan fingerprint density at radius 1 is 1.12 bits per heavy atom. The highest BCUT2D eigenvalue weighted by molar-refractivity contribution is 6.25. The molecule has 2 aromatic rings. The van der Waals surface area contributed by atoms with Crippen LogP contribution in [0.2, 0.25) is 0 Å². The van der Waals surface area contributed by atoms with Crippen molar-refractivity contribution in [3.8, 4) is 5.75 Å². The van der Waals surface area contributed by atoms with Gasteiger partial charge in [-0.1, -0.05) is 24.3 Å². The van der Waals surface area contributed by atoms with E-state index in [0.717, 1.165) is 0 Å². The molecule has 0 amide bonds. The van der Waals surface area contributed by atoms with Gasteiger partial charge in [0, 0.05) is 18.3 Å². The van der Waals surface area contributed by atoms with Gasteiger partial charge in [0.25, 0.3) is 0 Å². The van der Waals surface area contributed by atoms with Crippen molar-refractivity contribution < 1.29 is 19.1 Å². The van der Waals surface area contributed by atoms with Gasteiger partial charge in [0.15, 0.2) is 0 Å². The van der Waals surface area contributed by atoms with Gasteiger partial charge in [-0.05, 0) is 36.8 Å². The lowest BCUT2D eigenvalue weighted by Crippen LogP contribution is -2.53. The zero-order valence-corrected chi connectivity index (χ0v) is 13.9. The van der Waals surface area contributed by atoms with Crippen molar-refractivity contribution in [2.75, 3.05) is 25.7 Å². The fourth-order valence-corrected chi connectivity index (χ4v) is 3.23. The van der Waals surface area contributed by atoms with Crippen LogP contribution in [0.15, 0.2) is 48.5 Å². The number of benzene rings is 2. The van der Waals surface area contributed by atoms with Crippen LogP contribution in [-0.2, 0) is 15.1 Å². The number of para-hydroxylation sites is 1. The van der Waals surface area contributed by atoms with Gasteiger partial charge in [-0.3, -0.25) is 4.79 Å². The summed E-state index contributed by atoms with van der Waals surface area (Å²) < 4.78 is 10.5. The van der Waals surface area contributed by atoms with Crippen LogP contribution >= 0.6 is 0 Å². The first kappa shape index (κ1) is 16.1. The van der Waals surface area contributed by atoms with Crippen LogP contribution < -0.4 is 9.64 Å². The van der Waals surface area contributed by atoms with Crippen LogP contribution in [0, 0.1) is 0 Å². The number of Topliss-reactive ketones (excluding diaryl/α,β-unsaturated/α-hetero) is 1. The second-order valence-corrected chi connectivity index (χ2v) is 5.56. The van der Waals surface area contributed by atoms with Gasteiger partial charge in [-0.2, -0.15) is 0 Å². The summed E-state index contributed by atoms with van der Waals surface area (Å²) in [6.45, 7) is 1.93. The van der Waals surface area contributed by atoms with E-state index < -0.39 is 11.5 Å². The van der Waals surface area contributed by atoms with Crippen molar-refractivity contribution in [3.63, 3.8) is 0 Å². The Morgan fingerprint density at radius 3 is 2.38 bits per heavy atom. The molecule has 0 N–H and O–H groups in total. The van der Waals surface area contributed by atoms with Crippen LogP contribution in [0.5, 0.6) is 5.75 Å². The lowest BCUT2D eigenvalue weighted by Gasteiger charge is -2.34. The maximum absolute atomic E-state index is 13.2. The molecule has 0 aliphatic carbocycles. The summed E-state index contributed by atoms with van der Waals surface area (Å²) in [6, 6.07) is 14.1. The Kier molecular flexibility index (Phi) is 4.01. The zero-order valence-electron chi connectivity index (χ0n) is 13.9. The molecule has 1 heterocycles. The molecule has 0 bridgehead atoms. The Bertz CT molecular complexity index is 784. The predicted molar refractivity (Wildman–Crippen MR) is 90.5 cm³/mol. The molecule has 1 unspecified atom stereocenters. The van der Waals surface area contributed by atoms with Crippen LogP contribution in [0.4, 0.5) is 5.69 Å². The summed E-state index contributed by atoms with van der Waals surface area (Å²) in [5, 5.41) is 0. The van der Waals surface area contributed by atoms with E-state index in [0.29, 0.717) is 22.6 Å². The van der Waals surface area contributed by atoms with Gasteiger partial charge in [0.1, 0.15) is 5.75 Å². The Hall–Kier alpha value is -2.82. The van der Waals surface area contributed by atoms with Gasteiger partial charge in [0.2, 0.25) is 11.3 Å². The molecule has 24 heavy (non-hydrogen) atoms. The molecule has 1 aliphatic rings. The molecule has 0 saturated carbocycles. The first-order valence-electron chi connectivity index (χ1n) is 7.76. The topological polar surface area (TPSA) is 55.8 Å². The molecular formula is C19H19NO4. The summed E-state index contributed by atoms with van der Waals surface area (Å²) in [5.41, 5.74) is 0.284. The van der Waals surface area contributed by atoms with Crippen molar-refractivity contribution >= 4 is 17.4 Å². The number of ketones is 1. The molecule has 5 heteroatoms. The molecule has 2 aromatic carbocycles. The van der Waals surface area contributed by atoms with E-state index in [4.69, 9.17) is 9.47 Å². The molecule has 0 radical (unpaired) electrons. The van der Waals surface area contributed by atoms with E-state index >= 15 is 0 Å². The number of hydrogen-bond acceptors (Lipinski definition) is 5. The second kappa shape index (κ2) is 6.00. The molecule has 0 spiro atoms. The smallest absolute Gasteiger partial charge is 0.345 e. The van der Waals surface area contributed by atoms with E-state index in [1.54, 1.807) is 62.4 Å². The quantitative estimate of drug-likeness (QED) is 0.639. The Morgan fingerprint density at radius 2 is 1.79 bits per heavy atom. The largest absolute Gasteiger partial charge is 0.497 e. The molecular weight excluding hydrogens is 306 g/mol. The number of nitrogens with zero attached hydrogens (tertiary/aromatic N) is 1. The van der Waals surface area contributed by atoms with Crippen molar-refractivity contribution in [2.45, 2.75) is 12.5 Å². The van der Waals surface area contributed by atoms with E-state index in [1.807, 2.05) is 12.1 Å². The van der Waals surface area contributed by atoms with Crippen molar-refractivity contribution in [2.24, 2.45) is 0 Å². The maximum Gasteiger partial charge on any atom is 0.345 e. The summed E-state index contributed by atoms with van der Waals surface area (Å²) in [6.07, 6.45) is 0. The van der Waals surface area contributed by atoms with E-state index in [9.17, 15) is 9.59 Å². The van der Waals surface area contributed by atoms with Crippen LogP contribution in [0.1, 0.15) is 22.8 Å². The lowest BCUT2D eigenvalue weighted by molar-refractivity contribution is -0.147. The van der Waals surface area contributed by atoms with E-state index in [2.05, 4.69) is 0 Å². The van der Waals surface area contributed by atoms with Crippen LogP contribution in [0.25, 0.3) is 0 Å². The zero-order chi connectivity index (χ0) is 17.3. The van der Waals surface area contributed by atoms with Crippen LogP contribution in [-0.4, -0.2) is 32.5 Å². The molecule has 1 atom stereocenters. The first-order valence-corrected chi connectivity index (χ1v) is 7.76. The average molecular weight is 325 g/mol. The number of likely N-dealkylation sites (N-methyl/N-ethyl adjacent to an activating group) is 1. The number of ether oxygens (including phenoxy) is 2. The summed E-state index contributed by atoms with van der Waals surface area (Å²) in [5.74, 6) is -0.188. The molecule has 124 valence electrons. The van der Waals surface area contributed by atoms with Crippen LogP contribution in [0.3, 0.4) is 0 Å². The van der Waals surface area contributed by atoms with E-state index in [1.165, 1.54) is 0 Å². The van der Waals surface area contributed by atoms with Gasteiger partial charge < -0.3 is 14.4 Å². The Labute approximate surface area is 140 Å². The minimum Gasteiger partial charge on any atom is -0.497 e. The highest BCUT2D eigenvalue weighted by Gasteiger charge is 2.57. The number of hydrogen-bond donors (Lipinski definition) is 0.